The maximum atomic E-state index is 13.3. The average molecular weight is 431 g/mol. The maximum Gasteiger partial charge on any atom is 0.253 e. The van der Waals surface area contributed by atoms with Crippen LogP contribution in [0.4, 0.5) is 0 Å². The third-order valence-corrected chi connectivity index (χ3v) is 6.16. The highest BCUT2D eigenvalue weighted by molar-refractivity contribution is 5.79. The van der Waals surface area contributed by atoms with Gasteiger partial charge in [0, 0.05) is 31.3 Å². The van der Waals surface area contributed by atoms with Gasteiger partial charge in [-0.25, -0.2) is 4.68 Å². The van der Waals surface area contributed by atoms with Crippen LogP contribution >= 0.6 is 0 Å². The molecule has 3 heterocycles. The third-order valence-electron chi connectivity index (χ3n) is 6.16. The number of hydrogen-bond donors (Lipinski definition) is 1. The van der Waals surface area contributed by atoms with Gasteiger partial charge in [-0.2, -0.15) is 0 Å². The summed E-state index contributed by atoms with van der Waals surface area (Å²) in [5.74, 6) is 0.652. The number of aromatic amines is 1. The van der Waals surface area contributed by atoms with Crippen LogP contribution in [0.5, 0.6) is 0 Å². The van der Waals surface area contributed by atoms with E-state index in [-0.39, 0.29) is 11.6 Å². The van der Waals surface area contributed by atoms with Crippen LogP contribution in [0.25, 0.3) is 10.9 Å². The van der Waals surface area contributed by atoms with Gasteiger partial charge >= 0.3 is 0 Å². The standard InChI is InChI=1S/C24H26N6O2/c1-16-7-8-21-19(13-16)14-20(24(31)25-21)22(23-26-27-28-30(23)11-12-32-2)29-10-9-17-5-3-4-6-18(17)15-29/h3-8,13-14,22H,9-12,15H2,1-2H3,(H,25,31)/t22-/m0/s1. The van der Waals surface area contributed by atoms with Crippen LogP contribution < -0.4 is 5.56 Å². The Morgan fingerprint density at radius 2 is 2.00 bits per heavy atom. The number of benzene rings is 2. The Labute approximate surface area is 185 Å². The molecule has 0 radical (unpaired) electrons. The van der Waals surface area contributed by atoms with E-state index in [1.807, 2.05) is 18.2 Å². The summed E-state index contributed by atoms with van der Waals surface area (Å²) in [4.78, 5) is 18.6. The van der Waals surface area contributed by atoms with Gasteiger partial charge in [-0.05, 0) is 58.5 Å². The number of aryl methyl sites for hydroxylation is 1. The molecule has 0 bridgehead atoms. The van der Waals surface area contributed by atoms with Gasteiger partial charge in [-0.1, -0.05) is 35.9 Å². The summed E-state index contributed by atoms with van der Waals surface area (Å²) >= 11 is 0. The summed E-state index contributed by atoms with van der Waals surface area (Å²) in [5.41, 5.74) is 5.12. The lowest BCUT2D eigenvalue weighted by Gasteiger charge is -2.34. The molecule has 0 spiro atoms. The first-order valence-corrected chi connectivity index (χ1v) is 10.8. The lowest BCUT2D eigenvalue weighted by atomic mass is 9.96. The summed E-state index contributed by atoms with van der Waals surface area (Å²) in [5, 5.41) is 13.5. The average Bonchev–Trinajstić information content (AvgIpc) is 3.26. The highest BCUT2D eigenvalue weighted by atomic mass is 16.5. The second-order valence-electron chi connectivity index (χ2n) is 8.29. The van der Waals surface area contributed by atoms with Crippen LogP contribution in [0.3, 0.4) is 0 Å². The number of methoxy groups -OCH3 is 1. The molecule has 4 aromatic rings. The molecule has 0 saturated carbocycles. The van der Waals surface area contributed by atoms with Gasteiger partial charge in [0.15, 0.2) is 5.82 Å². The van der Waals surface area contributed by atoms with Gasteiger partial charge in [-0.3, -0.25) is 9.69 Å². The first kappa shape index (κ1) is 20.5. The van der Waals surface area contributed by atoms with E-state index in [0.717, 1.165) is 36.0 Å². The van der Waals surface area contributed by atoms with Gasteiger partial charge in [-0.15, -0.1) is 5.10 Å². The van der Waals surface area contributed by atoms with Gasteiger partial charge in [0.05, 0.1) is 13.2 Å². The highest BCUT2D eigenvalue weighted by Crippen LogP contribution is 2.31. The number of rotatable bonds is 6. The normalized spacial score (nSPS) is 15.1. The number of aromatic nitrogens is 5. The molecule has 0 saturated heterocycles. The number of hydrogen-bond acceptors (Lipinski definition) is 6. The molecule has 0 unspecified atom stereocenters. The third kappa shape index (κ3) is 3.83. The summed E-state index contributed by atoms with van der Waals surface area (Å²) in [6.07, 6.45) is 0.914. The maximum absolute atomic E-state index is 13.3. The Bertz CT molecular complexity index is 1310. The summed E-state index contributed by atoms with van der Waals surface area (Å²) in [6, 6.07) is 16.1. The molecule has 8 heteroatoms. The minimum Gasteiger partial charge on any atom is -0.383 e. The van der Waals surface area contributed by atoms with E-state index in [1.165, 1.54) is 11.1 Å². The predicted molar refractivity (Wildman–Crippen MR) is 121 cm³/mol. The van der Waals surface area contributed by atoms with Crippen LogP contribution in [-0.4, -0.2) is 50.4 Å². The Morgan fingerprint density at radius 3 is 2.84 bits per heavy atom. The summed E-state index contributed by atoms with van der Waals surface area (Å²) in [6.45, 7) is 4.59. The van der Waals surface area contributed by atoms with Crippen molar-refractivity contribution in [3.8, 4) is 0 Å². The fraction of sp³-hybridized carbons (Fsp3) is 0.333. The summed E-state index contributed by atoms with van der Waals surface area (Å²) in [7, 11) is 1.65. The molecule has 1 aliphatic heterocycles. The second-order valence-corrected chi connectivity index (χ2v) is 8.29. The van der Waals surface area contributed by atoms with Crippen LogP contribution in [0.1, 0.15) is 34.1 Å². The van der Waals surface area contributed by atoms with Crippen molar-refractivity contribution in [2.75, 3.05) is 20.3 Å². The number of fused-ring (bicyclic) bond motifs is 2. The van der Waals surface area contributed by atoms with Crippen molar-refractivity contribution in [2.24, 2.45) is 0 Å². The van der Waals surface area contributed by atoms with Crippen LogP contribution in [-0.2, 0) is 24.2 Å². The Morgan fingerprint density at radius 1 is 1.16 bits per heavy atom. The van der Waals surface area contributed by atoms with Crippen LogP contribution in [0.2, 0.25) is 0 Å². The molecule has 2 aromatic heterocycles. The van der Waals surface area contributed by atoms with Crippen molar-refractivity contribution < 1.29 is 4.74 Å². The highest BCUT2D eigenvalue weighted by Gasteiger charge is 2.32. The van der Waals surface area contributed by atoms with Crippen molar-refractivity contribution in [3.63, 3.8) is 0 Å². The lowest BCUT2D eigenvalue weighted by Crippen LogP contribution is -2.38. The largest absolute Gasteiger partial charge is 0.383 e. The first-order valence-electron chi connectivity index (χ1n) is 10.8. The Kier molecular flexibility index (Phi) is 5.55. The van der Waals surface area contributed by atoms with Crippen molar-refractivity contribution in [1.29, 1.82) is 0 Å². The quantitative estimate of drug-likeness (QED) is 0.506. The molecular weight excluding hydrogens is 404 g/mol. The zero-order valence-electron chi connectivity index (χ0n) is 18.3. The van der Waals surface area contributed by atoms with Gasteiger partial charge in [0.1, 0.15) is 6.04 Å². The summed E-state index contributed by atoms with van der Waals surface area (Å²) < 4.78 is 6.99. The van der Waals surface area contributed by atoms with Gasteiger partial charge in [0.2, 0.25) is 0 Å². The molecule has 1 atom stereocenters. The lowest BCUT2D eigenvalue weighted by molar-refractivity contribution is 0.169. The topological polar surface area (TPSA) is 88.9 Å². The van der Waals surface area contributed by atoms with E-state index >= 15 is 0 Å². The minimum atomic E-state index is -0.371. The molecule has 5 rings (SSSR count). The molecule has 2 aromatic carbocycles. The Hall–Kier alpha value is -3.36. The molecule has 0 fully saturated rings. The van der Waals surface area contributed by atoms with E-state index in [2.05, 4.69) is 62.7 Å². The Balaban J connectivity index is 1.64. The SMILES string of the molecule is COCCn1nnnc1[C@H](c1cc2cc(C)ccc2[nH]c1=O)N1CCc2ccccc2C1. The molecule has 32 heavy (non-hydrogen) atoms. The van der Waals surface area contributed by atoms with E-state index < -0.39 is 0 Å². The van der Waals surface area contributed by atoms with Gasteiger partial charge < -0.3 is 9.72 Å². The first-order chi connectivity index (χ1) is 15.6. The van der Waals surface area contributed by atoms with Gasteiger partial charge in [0.25, 0.3) is 5.56 Å². The molecule has 8 nitrogen and oxygen atoms in total. The number of pyridine rings is 1. The van der Waals surface area contributed by atoms with Crippen molar-refractivity contribution >= 4 is 10.9 Å². The van der Waals surface area contributed by atoms with Crippen molar-refractivity contribution in [3.05, 3.63) is 87.0 Å². The zero-order valence-corrected chi connectivity index (χ0v) is 18.3. The molecule has 0 amide bonds. The molecule has 1 N–H and O–H groups in total. The van der Waals surface area contributed by atoms with Crippen molar-refractivity contribution in [1.82, 2.24) is 30.1 Å². The smallest absolute Gasteiger partial charge is 0.253 e. The zero-order chi connectivity index (χ0) is 22.1. The number of H-pyrrole nitrogens is 1. The van der Waals surface area contributed by atoms with Crippen molar-refractivity contribution in [2.45, 2.75) is 32.5 Å². The monoisotopic (exact) mass is 430 g/mol. The fourth-order valence-corrected chi connectivity index (χ4v) is 4.53. The van der Waals surface area contributed by atoms with E-state index in [0.29, 0.717) is 24.5 Å². The predicted octanol–water partition coefficient (Wildman–Crippen LogP) is 2.62. The number of tetrazole rings is 1. The van der Waals surface area contributed by atoms with E-state index in [4.69, 9.17) is 4.74 Å². The van der Waals surface area contributed by atoms with Crippen LogP contribution in [0.15, 0.2) is 53.3 Å². The molecular formula is C24H26N6O2. The molecule has 1 aliphatic rings. The molecule has 0 aliphatic carbocycles. The number of ether oxygens (including phenoxy) is 1. The minimum absolute atomic E-state index is 0.119. The number of nitrogens with one attached hydrogen (secondary N) is 1. The number of nitrogens with zero attached hydrogens (tertiary/aromatic N) is 5. The van der Waals surface area contributed by atoms with Crippen LogP contribution in [0, 0.1) is 6.92 Å². The fourth-order valence-electron chi connectivity index (χ4n) is 4.53. The molecule has 164 valence electrons. The van der Waals surface area contributed by atoms with E-state index in [9.17, 15) is 4.79 Å². The van der Waals surface area contributed by atoms with E-state index in [1.54, 1.807) is 11.8 Å². The second kappa shape index (κ2) is 8.64.